The molecule has 41 heavy (non-hydrogen) atoms. The molecule has 7 nitrogen and oxygen atoms in total. The van der Waals surface area contributed by atoms with Crippen molar-refractivity contribution in [2.75, 3.05) is 5.32 Å². The first-order chi connectivity index (χ1) is 19.8. The number of benzene rings is 4. The predicted molar refractivity (Wildman–Crippen MR) is 170 cm³/mol. The molecule has 4 aromatic carbocycles. The molecule has 1 aromatic heterocycles. The summed E-state index contributed by atoms with van der Waals surface area (Å²) < 4.78 is 8.06. The summed E-state index contributed by atoms with van der Waals surface area (Å²) in [5, 5.41) is 8.04. The van der Waals surface area contributed by atoms with E-state index >= 15 is 0 Å². The minimum Gasteiger partial charge on any atom is -0.422 e. The molecule has 0 saturated carbocycles. The van der Waals surface area contributed by atoms with Gasteiger partial charge in [-0.1, -0.05) is 67.7 Å². The summed E-state index contributed by atoms with van der Waals surface area (Å²) in [5.74, 6) is -1.03. The fraction of sp³-hybridized carbons (Fsp3) is 0. The quantitative estimate of drug-likeness (QED) is 0.0769. The van der Waals surface area contributed by atoms with Crippen molar-refractivity contribution in [3.8, 4) is 5.75 Å². The highest BCUT2D eigenvalue weighted by atomic mass is 79.9. The number of fused-ring (bicyclic) bond motifs is 1. The normalized spacial score (nSPS) is 11.0. The molecule has 0 aliphatic carbocycles. The van der Waals surface area contributed by atoms with Gasteiger partial charge in [0.1, 0.15) is 10.6 Å². The summed E-state index contributed by atoms with van der Waals surface area (Å²) in [6, 6.07) is 25.7. The number of carbonyl (C=O) groups excluding carboxylic acids is 3. The number of carbonyl (C=O) groups is 3. The van der Waals surface area contributed by atoms with E-state index in [9.17, 15) is 14.4 Å². The number of halogens is 3. The molecule has 1 heterocycles. The van der Waals surface area contributed by atoms with E-state index in [1.165, 1.54) is 17.6 Å². The van der Waals surface area contributed by atoms with Crippen molar-refractivity contribution < 1.29 is 19.1 Å². The van der Waals surface area contributed by atoms with E-state index in [4.69, 9.17) is 16.3 Å². The van der Waals surface area contributed by atoms with Gasteiger partial charge >= 0.3 is 5.97 Å². The van der Waals surface area contributed by atoms with Crippen molar-refractivity contribution >= 4 is 94.6 Å². The maximum absolute atomic E-state index is 12.9. The van der Waals surface area contributed by atoms with Crippen LogP contribution in [0.3, 0.4) is 0 Å². The van der Waals surface area contributed by atoms with Crippen LogP contribution < -0.4 is 15.5 Å². The zero-order valence-corrected chi connectivity index (χ0v) is 25.6. The van der Waals surface area contributed by atoms with Crippen molar-refractivity contribution in [1.29, 1.82) is 0 Å². The number of ether oxygens (including phenoxy) is 1. The van der Waals surface area contributed by atoms with Crippen LogP contribution in [-0.4, -0.2) is 24.0 Å². The second-order valence-electron chi connectivity index (χ2n) is 8.55. The topological polar surface area (TPSA) is 96.9 Å². The van der Waals surface area contributed by atoms with Crippen LogP contribution >= 0.6 is 54.8 Å². The van der Waals surface area contributed by atoms with E-state index in [0.29, 0.717) is 32.3 Å². The number of esters is 1. The van der Waals surface area contributed by atoms with Crippen LogP contribution in [-0.2, 0) is 0 Å². The molecule has 0 fully saturated rings. The van der Waals surface area contributed by atoms with Gasteiger partial charge in [0.15, 0.2) is 0 Å². The summed E-state index contributed by atoms with van der Waals surface area (Å²) in [6.07, 6.45) is 1.39. The molecule has 204 valence electrons. The molecule has 5 aromatic rings. The summed E-state index contributed by atoms with van der Waals surface area (Å²) >= 11 is 14.6. The first-order valence-corrected chi connectivity index (χ1v) is 14.8. The van der Waals surface area contributed by atoms with Gasteiger partial charge in [-0.15, -0.1) is 11.3 Å². The Labute approximate surface area is 260 Å². The van der Waals surface area contributed by atoms with Gasteiger partial charge in [0.2, 0.25) is 0 Å². The van der Waals surface area contributed by atoms with Crippen LogP contribution in [0.2, 0.25) is 5.02 Å². The molecule has 0 radical (unpaired) electrons. The molecule has 5 rings (SSSR count). The number of hydrazone groups is 1. The zero-order valence-electron chi connectivity index (χ0n) is 20.9. The number of anilines is 1. The van der Waals surface area contributed by atoms with Crippen molar-refractivity contribution in [3.05, 3.63) is 127 Å². The van der Waals surface area contributed by atoms with Crippen LogP contribution in [0.25, 0.3) is 10.1 Å². The lowest BCUT2D eigenvalue weighted by Crippen LogP contribution is -2.18. The van der Waals surface area contributed by atoms with Gasteiger partial charge in [-0.2, -0.15) is 5.10 Å². The summed E-state index contributed by atoms with van der Waals surface area (Å²) in [6.45, 7) is 0. The first-order valence-electron chi connectivity index (χ1n) is 12.0. The van der Waals surface area contributed by atoms with Crippen molar-refractivity contribution in [1.82, 2.24) is 5.43 Å². The lowest BCUT2D eigenvalue weighted by Gasteiger charge is -2.08. The summed E-state index contributed by atoms with van der Waals surface area (Å²) in [5.41, 5.74) is 4.18. The second-order valence-corrected chi connectivity index (χ2v) is 11.8. The van der Waals surface area contributed by atoms with Crippen LogP contribution in [0.15, 0.2) is 105 Å². The van der Waals surface area contributed by atoms with Gasteiger partial charge in [0, 0.05) is 35.8 Å². The molecular weight excluding hydrogens is 694 g/mol. The number of rotatable bonds is 7. The van der Waals surface area contributed by atoms with Gasteiger partial charge < -0.3 is 10.1 Å². The lowest BCUT2D eigenvalue weighted by molar-refractivity contribution is 0.0733. The molecule has 0 saturated heterocycles. The van der Waals surface area contributed by atoms with Crippen LogP contribution in [0.1, 0.15) is 36.0 Å². The van der Waals surface area contributed by atoms with E-state index in [0.717, 1.165) is 19.0 Å². The summed E-state index contributed by atoms with van der Waals surface area (Å²) in [4.78, 5) is 38.4. The Balaban J connectivity index is 1.22. The number of hydrogen-bond donors (Lipinski definition) is 2. The molecule has 0 unspecified atom stereocenters. The van der Waals surface area contributed by atoms with Crippen molar-refractivity contribution in [2.45, 2.75) is 0 Å². The minimum atomic E-state index is -0.513. The molecule has 0 spiro atoms. The summed E-state index contributed by atoms with van der Waals surface area (Å²) in [7, 11) is 0. The van der Waals surface area contributed by atoms with Gasteiger partial charge in [-0.3, -0.25) is 9.59 Å². The van der Waals surface area contributed by atoms with E-state index in [1.807, 2.05) is 24.3 Å². The third-order valence-corrected chi connectivity index (χ3v) is 8.40. The standard InChI is InChI=1S/C30H18Br2ClN3O4S/c31-20-9-13-24(40-30(39)18-4-2-1-3-5-18)19(14-20)16-34-36-28(37)17-6-10-22(11-7-17)35-29(38)27-26(33)23-12-8-21(32)15-25(23)41-27/h1-16H,(H,35,38)(H,36,37)/b34-16-. The van der Waals surface area contributed by atoms with Crippen LogP contribution in [0.5, 0.6) is 5.75 Å². The third kappa shape index (κ3) is 6.91. The second kappa shape index (κ2) is 12.8. The Morgan fingerprint density at radius 2 is 1.54 bits per heavy atom. The molecule has 2 N–H and O–H groups in total. The van der Waals surface area contributed by atoms with Gasteiger partial charge in [-0.25, -0.2) is 10.2 Å². The fourth-order valence-electron chi connectivity index (χ4n) is 3.75. The molecule has 0 aliphatic heterocycles. The van der Waals surface area contributed by atoms with E-state index in [-0.39, 0.29) is 11.7 Å². The average Bonchev–Trinajstić information content (AvgIpc) is 3.30. The van der Waals surface area contributed by atoms with Gasteiger partial charge in [-0.05, 0) is 66.7 Å². The maximum Gasteiger partial charge on any atom is 0.343 e. The molecular formula is C30H18Br2ClN3O4S. The number of thiophene rings is 1. The highest BCUT2D eigenvalue weighted by Gasteiger charge is 2.18. The largest absolute Gasteiger partial charge is 0.422 e. The number of nitrogens with one attached hydrogen (secondary N) is 2. The molecule has 11 heteroatoms. The number of hydrogen-bond acceptors (Lipinski definition) is 6. The van der Waals surface area contributed by atoms with Gasteiger partial charge in [0.25, 0.3) is 11.8 Å². The zero-order chi connectivity index (χ0) is 28.9. The predicted octanol–water partition coefficient (Wildman–Crippen LogP) is 8.32. The Hall–Kier alpha value is -3.83. The fourth-order valence-corrected chi connectivity index (χ4v) is 6.09. The highest BCUT2D eigenvalue weighted by molar-refractivity contribution is 9.10. The third-order valence-electron chi connectivity index (χ3n) is 5.76. The monoisotopic (exact) mass is 709 g/mol. The Bertz CT molecular complexity index is 1810. The maximum atomic E-state index is 12.9. The Kier molecular flexibility index (Phi) is 8.94. The van der Waals surface area contributed by atoms with Crippen molar-refractivity contribution in [2.24, 2.45) is 5.10 Å². The highest BCUT2D eigenvalue weighted by Crippen LogP contribution is 2.37. The number of nitrogens with zero attached hydrogens (tertiary/aromatic N) is 1. The van der Waals surface area contributed by atoms with Crippen molar-refractivity contribution in [3.63, 3.8) is 0 Å². The van der Waals surface area contributed by atoms with E-state index in [1.54, 1.807) is 66.7 Å². The van der Waals surface area contributed by atoms with Crippen LogP contribution in [0, 0.1) is 0 Å². The van der Waals surface area contributed by atoms with E-state index < -0.39 is 11.9 Å². The van der Waals surface area contributed by atoms with Gasteiger partial charge in [0.05, 0.1) is 16.8 Å². The smallest absolute Gasteiger partial charge is 0.343 e. The minimum absolute atomic E-state index is 0.284. The molecule has 0 aliphatic rings. The lowest BCUT2D eigenvalue weighted by atomic mass is 10.2. The number of amides is 2. The SMILES string of the molecule is O=C(N/N=C\c1cc(Br)ccc1OC(=O)c1ccccc1)c1ccc(NC(=O)c2sc3cc(Br)ccc3c2Cl)cc1. The molecule has 0 bridgehead atoms. The van der Waals surface area contributed by atoms with Crippen LogP contribution in [0.4, 0.5) is 5.69 Å². The molecule has 2 amide bonds. The van der Waals surface area contributed by atoms with E-state index in [2.05, 4.69) is 47.7 Å². The molecule has 0 atom stereocenters. The Morgan fingerprint density at radius 1 is 0.829 bits per heavy atom. The Morgan fingerprint density at radius 3 is 2.29 bits per heavy atom. The first kappa shape index (κ1) is 28.7. The average molecular weight is 712 g/mol.